The Morgan fingerprint density at radius 2 is 2.15 bits per heavy atom. The van der Waals surface area contributed by atoms with Crippen molar-refractivity contribution in [1.82, 2.24) is 10.6 Å². The Morgan fingerprint density at radius 3 is 2.75 bits per heavy atom. The quantitative estimate of drug-likeness (QED) is 0.748. The Labute approximate surface area is 121 Å². The number of carbonyl (C=O) groups excluding carboxylic acids is 1. The van der Waals surface area contributed by atoms with Crippen LogP contribution in [0.3, 0.4) is 0 Å². The van der Waals surface area contributed by atoms with Gasteiger partial charge in [-0.25, -0.2) is 9.18 Å². The zero-order chi connectivity index (χ0) is 14.5. The van der Waals surface area contributed by atoms with E-state index in [1.807, 2.05) is 12.2 Å². The van der Waals surface area contributed by atoms with Crippen LogP contribution in [0.2, 0.25) is 5.02 Å². The lowest BCUT2D eigenvalue weighted by atomic mass is 10.1. The molecule has 0 aromatic heterocycles. The minimum absolute atomic E-state index is 0.00641. The maximum absolute atomic E-state index is 13.4. The maximum atomic E-state index is 13.4. The Bertz CT molecular complexity index is 514. The van der Waals surface area contributed by atoms with Crippen molar-refractivity contribution >= 4 is 17.6 Å². The number of benzene rings is 1. The number of carbonyl (C=O) groups is 1. The Morgan fingerprint density at radius 1 is 1.45 bits per heavy atom. The third-order valence-corrected chi connectivity index (χ3v) is 3.48. The molecule has 1 aromatic carbocycles. The highest BCUT2D eigenvalue weighted by Gasteiger charge is 2.18. The smallest absolute Gasteiger partial charge is 0.315 e. The number of rotatable bonds is 4. The summed E-state index contributed by atoms with van der Waals surface area (Å²) in [6, 6.07) is 3.21. The van der Waals surface area contributed by atoms with Crippen LogP contribution in [0.5, 0.6) is 0 Å². The summed E-state index contributed by atoms with van der Waals surface area (Å²) in [6.07, 6.45) is 5.60. The molecule has 6 heteroatoms. The van der Waals surface area contributed by atoms with E-state index in [9.17, 15) is 14.3 Å². The standard InChI is InChI=1S/C14H16ClFN2O2/c15-11-6-5-9(7-12(11)16)13(8-19)18-14(20)17-10-3-1-2-4-10/h1-2,5-7,10,13,19H,3-4,8H2,(H2,17,18,20). The predicted molar refractivity (Wildman–Crippen MR) is 75.1 cm³/mol. The van der Waals surface area contributed by atoms with Crippen molar-refractivity contribution in [2.75, 3.05) is 6.61 Å². The molecular formula is C14H16ClFN2O2. The highest BCUT2D eigenvalue weighted by Crippen LogP contribution is 2.20. The molecule has 0 radical (unpaired) electrons. The third-order valence-electron chi connectivity index (χ3n) is 3.18. The van der Waals surface area contributed by atoms with E-state index in [2.05, 4.69) is 10.6 Å². The molecule has 0 saturated heterocycles. The molecule has 1 atom stereocenters. The van der Waals surface area contributed by atoms with Gasteiger partial charge in [-0.1, -0.05) is 29.8 Å². The second-order valence-electron chi connectivity index (χ2n) is 4.67. The number of halogens is 2. The van der Waals surface area contributed by atoms with Crippen molar-refractivity contribution in [3.63, 3.8) is 0 Å². The summed E-state index contributed by atoms with van der Waals surface area (Å²) in [5.74, 6) is -0.579. The van der Waals surface area contributed by atoms with Gasteiger partial charge in [0.1, 0.15) is 5.82 Å². The van der Waals surface area contributed by atoms with Gasteiger partial charge < -0.3 is 15.7 Å². The normalized spacial score (nSPS) is 16.1. The predicted octanol–water partition coefficient (Wildman–Crippen LogP) is 2.53. The average molecular weight is 299 g/mol. The van der Waals surface area contributed by atoms with E-state index in [1.165, 1.54) is 12.1 Å². The van der Waals surface area contributed by atoms with Crippen molar-refractivity contribution in [2.24, 2.45) is 0 Å². The monoisotopic (exact) mass is 298 g/mol. The Balaban J connectivity index is 1.97. The molecule has 1 aromatic rings. The third kappa shape index (κ3) is 3.71. The van der Waals surface area contributed by atoms with E-state index in [-0.39, 0.29) is 23.7 Å². The lowest BCUT2D eigenvalue weighted by Crippen LogP contribution is -2.43. The van der Waals surface area contributed by atoms with Crippen molar-refractivity contribution in [3.05, 3.63) is 46.8 Å². The van der Waals surface area contributed by atoms with E-state index in [1.54, 1.807) is 6.07 Å². The first-order valence-corrected chi connectivity index (χ1v) is 6.75. The first-order valence-electron chi connectivity index (χ1n) is 6.38. The number of urea groups is 1. The van der Waals surface area contributed by atoms with Crippen molar-refractivity contribution < 1.29 is 14.3 Å². The molecular weight excluding hydrogens is 283 g/mol. The molecule has 20 heavy (non-hydrogen) atoms. The molecule has 0 heterocycles. The van der Waals surface area contributed by atoms with Crippen LogP contribution in [0.15, 0.2) is 30.4 Å². The maximum Gasteiger partial charge on any atom is 0.315 e. The minimum atomic E-state index is -0.670. The van der Waals surface area contributed by atoms with Gasteiger partial charge in [0.2, 0.25) is 0 Å². The lowest BCUT2D eigenvalue weighted by molar-refractivity contribution is 0.214. The summed E-state index contributed by atoms with van der Waals surface area (Å²) in [6.45, 7) is -0.322. The fraction of sp³-hybridized carbons (Fsp3) is 0.357. The second-order valence-corrected chi connectivity index (χ2v) is 5.07. The summed E-state index contributed by atoms with van der Waals surface area (Å²) in [5, 5.41) is 14.8. The number of hydrogen-bond acceptors (Lipinski definition) is 2. The molecule has 0 spiro atoms. The molecule has 0 aliphatic heterocycles. The van der Waals surface area contributed by atoms with Gasteiger partial charge in [0.25, 0.3) is 0 Å². The lowest BCUT2D eigenvalue weighted by Gasteiger charge is -2.19. The van der Waals surface area contributed by atoms with Gasteiger partial charge in [-0.3, -0.25) is 0 Å². The van der Waals surface area contributed by atoms with Gasteiger partial charge in [0.05, 0.1) is 17.7 Å². The molecule has 0 saturated carbocycles. The number of amides is 2. The summed E-state index contributed by atoms with van der Waals surface area (Å²) >= 11 is 5.60. The van der Waals surface area contributed by atoms with Crippen LogP contribution < -0.4 is 10.6 Å². The van der Waals surface area contributed by atoms with E-state index in [0.717, 1.165) is 12.8 Å². The fourth-order valence-electron chi connectivity index (χ4n) is 2.08. The van der Waals surface area contributed by atoms with E-state index >= 15 is 0 Å². The van der Waals surface area contributed by atoms with Crippen LogP contribution in [0.4, 0.5) is 9.18 Å². The van der Waals surface area contributed by atoms with Crippen LogP contribution in [-0.4, -0.2) is 23.8 Å². The molecule has 4 nitrogen and oxygen atoms in total. The second kappa shape index (κ2) is 6.72. The largest absolute Gasteiger partial charge is 0.394 e. The topological polar surface area (TPSA) is 61.4 Å². The summed E-state index contributed by atoms with van der Waals surface area (Å²) in [7, 11) is 0. The van der Waals surface area contributed by atoms with E-state index in [4.69, 9.17) is 11.6 Å². The summed E-state index contributed by atoms with van der Waals surface area (Å²) in [5.41, 5.74) is 0.467. The number of aliphatic hydroxyl groups is 1. The van der Waals surface area contributed by atoms with Gasteiger partial charge in [0.15, 0.2) is 0 Å². The SMILES string of the molecule is O=C(NC1CC=CC1)NC(CO)c1ccc(Cl)c(F)c1. The molecule has 0 bridgehead atoms. The van der Waals surface area contributed by atoms with Crippen LogP contribution in [-0.2, 0) is 0 Å². The van der Waals surface area contributed by atoms with Crippen LogP contribution in [0, 0.1) is 5.82 Å². The van der Waals surface area contributed by atoms with Crippen LogP contribution in [0.1, 0.15) is 24.4 Å². The van der Waals surface area contributed by atoms with Gasteiger partial charge >= 0.3 is 6.03 Å². The van der Waals surface area contributed by atoms with Gasteiger partial charge in [-0.15, -0.1) is 0 Å². The highest BCUT2D eigenvalue weighted by molar-refractivity contribution is 6.30. The minimum Gasteiger partial charge on any atom is -0.394 e. The van der Waals surface area contributed by atoms with Crippen LogP contribution >= 0.6 is 11.6 Å². The fourth-order valence-corrected chi connectivity index (χ4v) is 2.20. The summed E-state index contributed by atoms with van der Waals surface area (Å²) in [4.78, 5) is 11.8. The summed E-state index contributed by atoms with van der Waals surface area (Å²) < 4.78 is 13.4. The molecule has 3 N–H and O–H groups in total. The van der Waals surface area contributed by atoms with Crippen molar-refractivity contribution in [3.8, 4) is 0 Å². The first-order chi connectivity index (χ1) is 9.60. The van der Waals surface area contributed by atoms with Crippen molar-refractivity contribution in [1.29, 1.82) is 0 Å². The Hall–Kier alpha value is -1.59. The molecule has 2 amide bonds. The van der Waals surface area contributed by atoms with Gasteiger partial charge in [0, 0.05) is 6.04 Å². The van der Waals surface area contributed by atoms with Gasteiger partial charge in [-0.05, 0) is 30.5 Å². The van der Waals surface area contributed by atoms with E-state index in [0.29, 0.717) is 5.56 Å². The molecule has 0 fully saturated rings. The number of hydrogen-bond donors (Lipinski definition) is 3. The highest BCUT2D eigenvalue weighted by atomic mass is 35.5. The molecule has 1 unspecified atom stereocenters. The molecule has 2 rings (SSSR count). The van der Waals surface area contributed by atoms with Gasteiger partial charge in [-0.2, -0.15) is 0 Å². The van der Waals surface area contributed by atoms with E-state index < -0.39 is 11.9 Å². The molecule has 1 aliphatic rings. The number of nitrogens with one attached hydrogen (secondary N) is 2. The van der Waals surface area contributed by atoms with Crippen molar-refractivity contribution in [2.45, 2.75) is 24.9 Å². The number of aliphatic hydroxyl groups excluding tert-OH is 1. The zero-order valence-electron chi connectivity index (χ0n) is 10.8. The average Bonchev–Trinajstić information content (AvgIpc) is 2.92. The van der Waals surface area contributed by atoms with Crippen LogP contribution in [0.25, 0.3) is 0 Å². The zero-order valence-corrected chi connectivity index (χ0v) is 11.5. The Kier molecular flexibility index (Phi) is 4.98. The molecule has 1 aliphatic carbocycles. The molecule has 108 valence electrons. The first kappa shape index (κ1) is 14.8.